The molecule has 1 aromatic heterocycles. The molecular weight excluding hydrogens is 306 g/mol. The van der Waals surface area contributed by atoms with Gasteiger partial charge < -0.3 is 15.1 Å². The Hall–Kier alpha value is -1.93. The van der Waals surface area contributed by atoms with Crippen LogP contribution in [-0.4, -0.2) is 49.3 Å². The van der Waals surface area contributed by atoms with Crippen LogP contribution in [0.25, 0.3) is 0 Å². The Bertz CT molecular complexity index is 647. The highest BCUT2D eigenvalue weighted by Gasteiger charge is 2.56. The number of aliphatic hydroxyl groups is 1. The third kappa shape index (κ3) is 2.38. The van der Waals surface area contributed by atoms with Crippen molar-refractivity contribution in [2.24, 2.45) is 5.92 Å². The molecule has 3 atom stereocenters. The van der Waals surface area contributed by atoms with E-state index in [1.165, 1.54) is 16.7 Å². The molecule has 2 aliphatic heterocycles. The summed E-state index contributed by atoms with van der Waals surface area (Å²) in [5, 5.41) is 26.8. The number of aliphatic carboxylic acids is 1. The van der Waals surface area contributed by atoms with E-state index < -0.39 is 18.0 Å². The molecule has 3 rings (SSSR count). The maximum atomic E-state index is 12.1. The van der Waals surface area contributed by atoms with Crippen LogP contribution in [-0.2, 0) is 15.3 Å². The van der Waals surface area contributed by atoms with Gasteiger partial charge in [-0.15, -0.1) is 11.8 Å². The van der Waals surface area contributed by atoms with Gasteiger partial charge in [-0.2, -0.15) is 10.2 Å². The van der Waals surface area contributed by atoms with Crippen molar-refractivity contribution >= 4 is 23.6 Å². The zero-order valence-corrected chi connectivity index (χ0v) is 12.7. The summed E-state index contributed by atoms with van der Waals surface area (Å²) in [5.74, 6) is -1.44. The molecule has 116 valence electrons. The highest BCUT2D eigenvalue weighted by atomic mass is 32.2. The first-order valence-electron chi connectivity index (χ1n) is 6.87. The first-order chi connectivity index (χ1) is 10.5. The van der Waals surface area contributed by atoms with Gasteiger partial charge in [0.1, 0.15) is 5.70 Å². The van der Waals surface area contributed by atoms with Crippen molar-refractivity contribution in [1.82, 2.24) is 15.1 Å². The number of carboxylic acid groups (broad SMARTS) is 1. The zero-order valence-electron chi connectivity index (χ0n) is 11.8. The lowest BCUT2D eigenvalue weighted by Crippen LogP contribution is -2.61. The molecular formula is C14H15N3O4S. The highest BCUT2D eigenvalue weighted by Crippen LogP contribution is 2.47. The van der Waals surface area contributed by atoms with Crippen LogP contribution >= 0.6 is 11.8 Å². The highest BCUT2D eigenvalue weighted by molar-refractivity contribution is 8.02. The maximum Gasteiger partial charge on any atom is 0.353 e. The van der Waals surface area contributed by atoms with Crippen molar-refractivity contribution in [2.75, 3.05) is 0 Å². The van der Waals surface area contributed by atoms with E-state index in [2.05, 4.69) is 10.2 Å². The molecule has 7 nitrogen and oxygen atoms in total. The van der Waals surface area contributed by atoms with Crippen molar-refractivity contribution in [1.29, 1.82) is 0 Å². The fourth-order valence-corrected chi connectivity index (χ4v) is 4.02. The summed E-state index contributed by atoms with van der Waals surface area (Å²) in [5.41, 5.74) is 0.790. The Morgan fingerprint density at radius 2 is 2.36 bits per heavy atom. The van der Waals surface area contributed by atoms with Crippen molar-refractivity contribution in [3.63, 3.8) is 0 Å². The van der Waals surface area contributed by atoms with E-state index in [9.17, 15) is 19.8 Å². The summed E-state index contributed by atoms with van der Waals surface area (Å²) < 4.78 is 0. The number of hydrogen-bond acceptors (Lipinski definition) is 6. The minimum absolute atomic E-state index is 0.0424. The van der Waals surface area contributed by atoms with Crippen LogP contribution in [0, 0.1) is 5.92 Å². The summed E-state index contributed by atoms with van der Waals surface area (Å²) in [6, 6.07) is 3.33. The van der Waals surface area contributed by atoms with Crippen LogP contribution in [0.2, 0.25) is 0 Å². The molecule has 0 unspecified atom stereocenters. The molecule has 1 fully saturated rings. The van der Waals surface area contributed by atoms with Crippen LogP contribution in [0.1, 0.15) is 19.0 Å². The van der Waals surface area contributed by atoms with Crippen LogP contribution < -0.4 is 0 Å². The number of rotatable bonds is 5. The fraction of sp³-hybridized carbons (Fsp3) is 0.429. The third-order valence-electron chi connectivity index (χ3n) is 3.91. The van der Waals surface area contributed by atoms with E-state index in [4.69, 9.17) is 0 Å². The average Bonchev–Trinajstić information content (AvgIpc) is 2.80. The minimum Gasteiger partial charge on any atom is -0.477 e. The minimum atomic E-state index is -1.11. The third-order valence-corrected chi connectivity index (χ3v) is 5.06. The van der Waals surface area contributed by atoms with Gasteiger partial charge in [0.25, 0.3) is 0 Å². The molecule has 0 aromatic carbocycles. The number of thioether (sulfide) groups is 1. The first kappa shape index (κ1) is 15.0. The SMILES string of the molecule is C[C@@H](O)[C@H]1C(=O)N2C(C(=O)O)=C(SCc3cccnn3)C[C@H]12. The number of β-lactam (4-membered cyclic amide) rings is 1. The quantitative estimate of drug-likeness (QED) is 0.766. The summed E-state index contributed by atoms with van der Waals surface area (Å²) >= 11 is 1.36. The van der Waals surface area contributed by atoms with Crippen molar-refractivity contribution in [3.05, 3.63) is 34.6 Å². The smallest absolute Gasteiger partial charge is 0.353 e. The Kier molecular flexibility index (Phi) is 3.88. The molecule has 22 heavy (non-hydrogen) atoms. The van der Waals surface area contributed by atoms with E-state index >= 15 is 0 Å². The van der Waals surface area contributed by atoms with Gasteiger partial charge in [-0.3, -0.25) is 4.79 Å². The van der Waals surface area contributed by atoms with Crippen molar-refractivity contribution in [3.8, 4) is 0 Å². The van der Waals surface area contributed by atoms with Crippen LogP contribution in [0.15, 0.2) is 28.9 Å². The van der Waals surface area contributed by atoms with Crippen LogP contribution in [0.5, 0.6) is 0 Å². The van der Waals surface area contributed by atoms with E-state index in [-0.39, 0.29) is 17.6 Å². The van der Waals surface area contributed by atoms with E-state index in [0.29, 0.717) is 17.1 Å². The summed E-state index contributed by atoms with van der Waals surface area (Å²) in [6.45, 7) is 1.56. The molecule has 1 saturated heterocycles. The van der Waals surface area contributed by atoms with Gasteiger partial charge in [0.15, 0.2) is 0 Å². The molecule has 8 heteroatoms. The number of aromatic nitrogens is 2. The Morgan fingerprint density at radius 1 is 1.59 bits per heavy atom. The van der Waals surface area contributed by atoms with E-state index in [1.807, 2.05) is 6.07 Å². The molecule has 2 aliphatic rings. The molecule has 0 bridgehead atoms. The molecule has 0 aliphatic carbocycles. The number of carboxylic acids is 1. The number of amides is 1. The topological polar surface area (TPSA) is 104 Å². The van der Waals surface area contributed by atoms with Gasteiger partial charge in [-0.05, 0) is 19.1 Å². The predicted octanol–water partition coefficient (Wildman–Crippen LogP) is 0.617. The van der Waals surface area contributed by atoms with E-state index in [0.717, 1.165) is 5.69 Å². The Balaban J connectivity index is 1.78. The molecule has 3 heterocycles. The lowest BCUT2D eigenvalue weighted by Gasteiger charge is -2.44. The Labute approximate surface area is 131 Å². The van der Waals surface area contributed by atoms with Gasteiger partial charge in [-0.1, -0.05) is 0 Å². The summed E-state index contributed by atoms with van der Waals surface area (Å²) in [4.78, 5) is 25.5. The lowest BCUT2D eigenvalue weighted by atomic mass is 9.83. The fourth-order valence-electron chi connectivity index (χ4n) is 2.93. The van der Waals surface area contributed by atoms with Crippen LogP contribution in [0.4, 0.5) is 0 Å². The number of fused-ring (bicyclic) bond motifs is 1. The van der Waals surface area contributed by atoms with Gasteiger partial charge in [-0.25, -0.2) is 4.79 Å². The molecule has 0 radical (unpaired) electrons. The largest absolute Gasteiger partial charge is 0.477 e. The number of carbonyl (C=O) groups excluding carboxylic acids is 1. The average molecular weight is 321 g/mol. The van der Waals surface area contributed by atoms with Crippen LogP contribution in [0.3, 0.4) is 0 Å². The number of aliphatic hydroxyl groups excluding tert-OH is 1. The summed E-state index contributed by atoms with van der Waals surface area (Å²) in [7, 11) is 0. The summed E-state index contributed by atoms with van der Waals surface area (Å²) in [6.07, 6.45) is 1.27. The van der Waals surface area contributed by atoms with Gasteiger partial charge in [0.05, 0.1) is 23.8 Å². The lowest BCUT2D eigenvalue weighted by molar-refractivity contribution is -0.161. The number of nitrogens with zero attached hydrogens (tertiary/aromatic N) is 3. The number of hydrogen-bond donors (Lipinski definition) is 2. The second kappa shape index (κ2) is 5.69. The second-order valence-electron chi connectivity index (χ2n) is 5.33. The monoisotopic (exact) mass is 321 g/mol. The van der Waals surface area contributed by atoms with E-state index in [1.54, 1.807) is 19.2 Å². The maximum absolute atomic E-state index is 12.1. The number of carbonyl (C=O) groups is 2. The van der Waals surface area contributed by atoms with Gasteiger partial charge in [0.2, 0.25) is 5.91 Å². The van der Waals surface area contributed by atoms with Crippen molar-refractivity contribution in [2.45, 2.75) is 31.2 Å². The van der Waals surface area contributed by atoms with Crippen molar-refractivity contribution < 1.29 is 19.8 Å². The normalized spacial score (nSPS) is 25.0. The predicted molar refractivity (Wildman–Crippen MR) is 78.4 cm³/mol. The first-order valence-corrected chi connectivity index (χ1v) is 7.86. The van der Waals surface area contributed by atoms with Gasteiger partial charge >= 0.3 is 5.97 Å². The molecule has 1 amide bonds. The standard InChI is InChI=1S/C14H15N3O4S/c1-7(18)11-9-5-10(12(14(20)21)17(9)13(11)19)22-6-8-3-2-4-15-16-8/h2-4,7,9,11,18H,5-6H2,1H3,(H,20,21)/t7-,9-,11-/m1/s1. The molecule has 1 aromatic rings. The zero-order chi connectivity index (χ0) is 15.9. The molecule has 0 saturated carbocycles. The second-order valence-corrected chi connectivity index (χ2v) is 6.40. The molecule has 0 spiro atoms. The molecule has 2 N–H and O–H groups in total. The van der Waals surface area contributed by atoms with Gasteiger partial charge in [0, 0.05) is 23.3 Å². The Morgan fingerprint density at radius 3 is 2.95 bits per heavy atom.